The Hall–Kier alpha value is -1.63. The molecule has 19 heavy (non-hydrogen) atoms. The molecule has 0 saturated heterocycles. The normalized spacial score (nSPS) is 11.4. The molecule has 0 bridgehead atoms. The van der Waals surface area contributed by atoms with Gasteiger partial charge in [0.2, 0.25) is 0 Å². The van der Waals surface area contributed by atoms with Crippen LogP contribution in [0.4, 0.5) is 24.7 Å². The summed E-state index contributed by atoms with van der Waals surface area (Å²) < 4.78 is 38.3. The van der Waals surface area contributed by atoms with Crippen molar-refractivity contribution in [2.24, 2.45) is 0 Å². The molecule has 2 heterocycles. The van der Waals surface area contributed by atoms with Gasteiger partial charge in [-0.1, -0.05) is 0 Å². The van der Waals surface area contributed by atoms with Gasteiger partial charge in [-0.3, -0.25) is 4.98 Å². The van der Waals surface area contributed by atoms with Crippen molar-refractivity contribution >= 4 is 27.4 Å². The predicted octanol–water partition coefficient (Wildman–Crippen LogP) is 4.31. The van der Waals surface area contributed by atoms with Gasteiger partial charge in [0.15, 0.2) is 0 Å². The smallest absolute Gasteiger partial charge is 0.339 e. The molecule has 0 radical (unpaired) electrons. The first-order chi connectivity index (χ1) is 8.88. The molecule has 0 atom stereocenters. The molecule has 2 aromatic heterocycles. The van der Waals surface area contributed by atoms with E-state index in [1.165, 1.54) is 6.07 Å². The third-order valence-electron chi connectivity index (χ3n) is 2.41. The summed E-state index contributed by atoms with van der Waals surface area (Å²) in [5.41, 5.74) is 0.529. The van der Waals surface area contributed by atoms with Crippen LogP contribution in [0.3, 0.4) is 0 Å². The lowest BCUT2D eigenvalue weighted by molar-refractivity contribution is -0.141. The van der Waals surface area contributed by atoms with Crippen molar-refractivity contribution < 1.29 is 13.2 Å². The Kier molecular flexibility index (Phi) is 3.75. The van der Waals surface area contributed by atoms with Gasteiger partial charge >= 0.3 is 6.18 Å². The van der Waals surface area contributed by atoms with E-state index in [4.69, 9.17) is 0 Å². The number of rotatable bonds is 2. The molecule has 0 spiro atoms. The maximum absolute atomic E-state index is 12.6. The van der Waals surface area contributed by atoms with Crippen LogP contribution in [0, 0.1) is 6.92 Å². The monoisotopic (exact) mass is 331 g/mol. The highest BCUT2D eigenvalue weighted by molar-refractivity contribution is 9.10. The Morgan fingerprint density at radius 3 is 2.58 bits per heavy atom. The minimum Gasteiger partial charge on any atom is -0.339 e. The van der Waals surface area contributed by atoms with E-state index in [1.54, 1.807) is 25.4 Å². The molecule has 2 aromatic rings. The number of anilines is 2. The van der Waals surface area contributed by atoms with E-state index in [0.29, 0.717) is 10.2 Å². The predicted molar refractivity (Wildman–Crippen MR) is 69.2 cm³/mol. The third kappa shape index (κ3) is 3.23. The van der Waals surface area contributed by atoms with Crippen LogP contribution in [-0.4, -0.2) is 9.97 Å². The molecular weight excluding hydrogens is 323 g/mol. The van der Waals surface area contributed by atoms with Gasteiger partial charge in [0.05, 0.1) is 4.47 Å². The highest BCUT2D eigenvalue weighted by Gasteiger charge is 2.33. The van der Waals surface area contributed by atoms with E-state index >= 15 is 0 Å². The second-order valence-corrected chi connectivity index (χ2v) is 4.69. The summed E-state index contributed by atoms with van der Waals surface area (Å²) in [6, 6.07) is 3.91. The van der Waals surface area contributed by atoms with E-state index < -0.39 is 11.9 Å². The average Bonchev–Trinajstić information content (AvgIpc) is 2.33. The summed E-state index contributed by atoms with van der Waals surface area (Å²) in [5, 5.41) is 2.85. The van der Waals surface area contributed by atoms with Crippen LogP contribution in [0.15, 0.2) is 35.1 Å². The Morgan fingerprint density at radius 2 is 1.95 bits per heavy atom. The zero-order chi connectivity index (χ0) is 14.0. The Bertz CT molecular complexity index is 599. The number of nitrogens with one attached hydrogen (secondary N) is 1. The fourth-order valence-corrected chi connectivity index (χ4v) is 1.75. The molecule has 0 amide bonds. The number of aromatic nitrogens is 2. The Morgan fingerprint density at radius 1 is 1.21 bits per heavy atom. The van der Waals surface area contributed by atoms with Crippen molar-refractivity contribution in [3.63, 3.8) is 0 Å². The minimum absolute atomic E-state index is 0.115. The quantitative estimate of drug-likeness (QED) is 0.891. The van der Waals surface area contributed by atoms with Gasteiger partial charge in [0.1, 0.15) is 11.5 Å². The first-order valence-electron chi connectivity index (χ1n) is 5.29. The summed E-state index contributed by atoms with van der Waals surface area (Å²) >= 11 is 3.17. The molecule has 0 aliphatic rings. The lowest BCUT2D eigenvalue weighted by Crippen LogP contribution is -2.09. The van der Waals surface area contributed by atoms with Gasteiger partial charge < -0.3 is 5.32 Å². The van der Waals surface area contributed by atoms with Crippen LogP contribution >= 0.6 is 15.9 Å². The second kappa shape index (κ2) is 5.16. The summed E-state index contributed by atoms with van der Waals surface area (Å²) in [4.78, 5) is 7.49. The van der Waals surface area contributed by atoms with Crippen molar-refractivity contribution in [1.82, 2.24) is 9.97 Å². The van der Waals surface area contributed by atoms with Crippen LogP contribution in [0.25, 0.3) is 0 Å². The van der Waals surface area contributed by atoms with Crippen molar-refractivity contribution in [1.29, 1.82) is 0 Å². The molecule has 0 unspecified atom stereocenters. The van der Waals surface area contributed by atoms with Gasteiger partial charge in [0, 0.05) is 18.1 Å². The number of hydrogen-bond acceptors (Lipinski definition) is 3. The van der Waals surface area contributed by atoms with Gasteiger partial charge in [-0.2, -0.15) is 13.2 Å². The van der Waals surface area contributed by atoms with E-state index in [9.17, 15) is 13.2 Å². The van der Waals surface area contributed by atoms with Gasteiger partial charge in [-0.15, -0.1) is 0 Å². The molecule has 0 saturated carbocycles. The van der Waals surface area contributed by atoms with E-state index in [0.717, 1.165) is 11.6 Å². The van der Waals surface area contributed by atoms with Gasteiger partial charge in [-0.25, -0.2) is 4.98 Å². The molecular formula is C12H9BrF3N3. The molecule has 1 N–H and O–H groups in total. The minimum atomic E-state index is -4.47. The Labute approximate surface area is 116 Å². The van der Waals surface area contributed by atoms with Crippen LogP contribution in [0.1, 0.15) is 11.3 Å². The molecule has 2 rings (SSSR count). The fraction of sp³-hybridized carbons (Fsp3) is 0.167. The first-order valence-corrected chi connectivity index (χ1v) is 6.08. The van der Waals surface area contributed by atoms with Crippen LogP contribution in [0.5, 0.6) is 0 Å². The van der Waals surface area contributed by atoms with Gasteiger partial charge in [0.25, 0.3) is 0 Å². The number of aryl methyl sites for hydroxylation is 1. The molecule has 7 heteroatoms. The lowest BCUT2D eigenvalue weighted by atomic mass is 10.2. The zero-order valence-electron chi connectivity index (χ0n) is 9.79. The van der Waals surface area contributed by atoms with Crippen LogP contribution in [-0.2, 0) is 6.18 Å². The lowest BCUT2D eigenvalue weighted by Gasteiger charge is -2.12. The van der Waals surface area contributed by atoms with E-state index in [1.807, 2.05) is 0 Å². The number of alkyl halides is 3. The van der Waals surface area contributed by atoms with Crippen molar-refractivity contribution in [2.75, 3.05) is 5.32 Å². The van der Waals surface area contributed by atoms with Gasteiger partial charge in [-0.05, 0) is 46.6 Å². The third-order valence-corrected chi connectivity index (χ3v) is 3.05. The molecule has 3 nitrogen and oxygen atoms in total. The van der Waals surface area contributed by atoms with E-state index in [2.05, 4.69) is 31.2 Å². The SMILES string of the molecule is Cc1cnccc1Nc1nc(C(F)(F)F)ccc1Br. The summed E-state index contributed by atoms with van der Waals surface area (Å²) in [6.07, 6.45) is -1.30. The molecule has 100 valence electrons. The number of pyridine rings is 2. The van der Waals surface area contributed by atoms with E-state index in [-0.39, 0.29) is 5.82 Å². The summed E-state index contributed by atoms with van der Waals surface area (Å²) in [7, 11) is 0. The molecule has 0 aliphatic carbocycles. The molecule has 0 aromatic carbocycles. The zero-order valence-corrected chi connectivity index (χ0v) is 11.4. The standard InChI is InChI=1S/C12H9BrF3N3/c1-7-6-17-5-4-9(7)18-11-8(13)2-3-10(19-11)12(14,15)16/h2-6H,1H3,(H,17,18,19). The van der Waals surface area contributed by atoms with Crippen molar-refractivity contribution in [3.05, 3.63) is 46.3 Å². The number of hydrogen-bond donors (Lipinski definition) is 1. The molecule has 0 aliphatic heterocycles. The Balaban J connectivity index is 2.38. The molecule has 0 fully saturated rings. The highest BCUT2D eigenvalue weighted by Crippen LogP contribution is 2.32. The fourth-order valence-electron chi connectivity index (χ4n) is 1.43. The summed E-state index contributed by atoms with van der Waals surface area (Å²) in [5.74, 6) is 0.115. The maximum Gasteiger partial charge on any atom is 0.433 e. The number of halogens is 4. The average molecular weight is 332 g/mol. The number of nitrogens with zero attached hydrogens (tertiary/aromatic N) is 2. The second-order valence-electron chi connectivity index (χ2n) is 3.84. The van der Waals surface area contributed by atoms with Crippen molar-refractivity contribution in [3.8, 4) is 0 Å². The van der Waals surface area contributed by atoms with Crippen LogP contribution in [0.2, 0.25) is 0 Å². The topological polar surface area (TPSA) is 37.8 Å². The largest absolute Gasteiger partial charge is 0.433 e. The van der Waals surface area contributed by atoms with Crippen molar-refractivity contribution in [2.45, 2.75) is 13.1 Å². The maximum atomic E-state index is 12.6. The summed E-state index contributed by atoms with van der Waals surface area (Å²) in [6.45, 7) is 1.80. The highest BCUT2D eigenvalue weighted by atomic mass is 79.9. The first kappa shape index (κ1) is 13.8. The van der Waals surface area contributed by atoms with Crippen LogP contribution < -0.4 is 5.32 Å².